The van der Waals surface area contributed by atoms with Gasteiger partial charge >= 0.3 is 0 Å². The number of hydrogen-bond acceptors (Lipinski definition) is 3. The van der Waals surface area contributed by atoms with Crippen molar-refractivity contribution in [3.05, 3.63) is 53.1 Å². The minimum absolute atomic E-state index is 0.0441. The molecule has 0 spiro atoms. The van der Waals surface area contributed by atoms with Crippen LogP contribution in [0.15, 0.2) is 42.5 Å². The number of anilines is 1. The van der Waals surface area contributed by atoms with Crippen LogP contribution in [0, 0.1) is 0 Å². The topological polar surface area (TPSA) is 47.6 Å². The molecule has 0 heterocycles. The molecule has 128 valence electrons. The number of rotatable bonds is 7. The Balaban J connectivity index is 1.95. The SMILES string of the molecule is CCOc1ccc(CC(=O)Nc2ccc(OC(C)C)c(Cl)c2)cc1. The third kappa shape index (κ3) is 5.46. The van der Waals surface area contributed by atoms with Crippen molar-refractivity contribution in [3.63, 3.8) is 0 Å². The first-order chi connectivity index (χ1) is 11.5. The molecule has 5 heteroatoms. The third-order valence-electron chi connectivity index (χ3n) is 3.18. The zero-order valence-corrected chi connectivity index (χ0v) is 14.9. The molecule has 0 saturated heterocycles. The van der Waals surface area contributed by atoms with E-state index >= 15 is 0 Å². The van der Waals surface area contributed by atoms with E-state index in [0.717, 1.165) is 11.3 Å². The van der Waals surface area contributed by atoms with Gasteiger partial charge in [0.2, 0.25) is 5.91 Å². The lowest BCUT2D eigenvalue weighted by molar-refractivity contribution is -0.115. The lowest BCUT2D eigenvalue weighted by Crippen LogP contribution is -2.14. The fourth-order valence-corrected chi connectivity index (χ4v) is 2.41. The molecule has 0 bridgehead atoms. The third-order valence-corrected chi connectivity index (χ3v) is 3.47. The summed E-state index contributed by atoms with van der Waals surface area (Å²) in [6, 6.07) is 12.7. The molecule has 0 aliphatic heterocycles. The highest BCUT2D eigenvalue weighted by Gasteiger charge is 2.08. The van der Waals surface area contributed by atoms with E-state index in [-0.39, 0.29) is 18.4 Å². The summed E-state index contributed by atoms with van der Waals surface area (Å²) in [6.07, 6.45) is 0.330. The van der Waals surface area contributed by atoms with Crippen LogP contribution in [0.3, 0.4) is 0 Å². The molecule has 0 aliphatic carbocycles. The Morgan fingerprint density at radius 1 is 1.17 bits per heavy atom. The highest BCUT2D eigenvalue weighted by atomic mass is 35.5. The van der Waals surface area contributed by atoms with Crippen LogP contribution in [-0.2, 0) is 11.2 Å². The van der Waals surface area contributed by atoms with Gasteiger partial charge in [0, 0.05) is 5.69 Å². The number of ether oxygens (including phenoxy) is 2. The largest absolute Gasteiger partial charge is 0.494 e. The van der Waals surface area contributed by atoms with Gasteiger partial charge in [0.05, 0.1) is 24.2 Å². The molecule has 1 N–H and O–H groups in total. The van der Waals surface area contributed by atoms with Crippen LogP contribution in [0.1, 0.15) is 26.3 Å². The zero-order chi connectivity index (χ0) is 17.5. The normalized spacial score (nSPS) is 10.5. The Bertz CT molecular complexity index is 684. The van der Waals surface area contributed by atoms with Gasteiger partial charge in [-0.05, 0) is 56.7 Å². The first-order valence-corrected chi connectivity index (χ1v) is 8.33. The summed E-state index contributed by atoms with van der Waals surface area (Å²) in [5, 5.41) is 3.32. The molecule has 0 atom stereocenters. The smallest absolute Gasteiger partial charge is 0.228 e. The van der Waals surface area contributed by atoms with Crippen LogP contribution in [0.5, 0.6) is 11.5 Å². The van der Waals surface area contributed by atoms with Crippen LogP contribution in [0.2, 0.25) is 5.02 Å². The predicted octanol–water partition coefficient (Wildman–Crippen LogP) is 4.71. The molecule has 0 unspecified atom stereocenters. The van der Waals surface area contributed by atoms with Crippen LogP contribution < -0.4 is 14.8 Å². The number of nitrogens with one attached hydrogen (secondary N) is 1. The maximum absolute atomic E-state index is 12.1. The highest BCUT2D eigenvalue weighted by Crippen LogP contribution is 2.28. The second-order valence-corrected chi connectivity index (χ2v) is 6.02. The Labute approximate surface area is 147 Å². The summed E-state index contributed by atoms with van der Waals surface area (Å²) in [5.74, 6) is 1.30. The lowest BCUT2D eigenvalue weighted by Gasteiger charge is -2.13. The highest BCUT2D eigenvalue weighted by molar-refractivity contribution is 6.32. The standard InChI is InChI=1S/C19H22ClNO3/c1-4-23-16-8-5-14(6-9-16)11-19(22)21-15-7-10-18(17(20)12-15)24-13(2)3/h5-10,12-13H,4,11H2,1-3H3,(H,21,22). The van der Waals surface area contributed by atoms with Crippen molar-refractivity contribution in [1.82, 2.24) is 0 Å². The second-order valence-electron chi connectivity index (χ2n) is 5.61. The number of benzene rings is 2. The fraction of sp³-hybridized carbons (Fsp3) is 0.316. The molecule has 4 nitrogen and oxygen atoms in total. The van der Waals surface area contributed by atoms with Gasteiger partial charge in [-0.3, -0.25) is 4.79 Å². The Morgan fingerprint density at radius 3 is 2.46 bits per heavy atom. The van der Waals surface area contributed by atoms with E-state index in [1.54, 1.807) is 18.2 Å². The van der Waals surface area contributed by atoms with E-state index < -0.39 is 0 Å². The van der Waals surface area contributed by atoms with Crippen LogP contribution in [-0.4, -0.2) is 18.6 Å². The van der Waals surface area contributed by atoms with Crippen molar-refractivity contribution in [2.45, 2.75) is 33.3 Å². The van der Waals surface area contributed by atoms with E-state index in [9.17, 15) is 4.79 Å². The zero-order valence-electron chi connectivity index (χ0n) is 14.1. The van der Waals surface area contributed by atoms with Crippen molar-refractivity contribution in [2.75, 3.05) is 11.9 Å². The average molecular weight is 348 g/mol. The van der Waals surface area contributed by atoms with Crippen LogP contribution in [0.4, 0.5) is 5.69 Å². The van der Waals surface area contributed by atoms with Crippen molar-refractivity contribution >= 4 is 23.2 Å². The van der Waals surface area contributed by atoms with Crippen molar-refractivity contribution in [1.29, 1.82) is 0 Å². The van der Waals surface area contributed by atoms with E-state index in [1.807, 2.05) is 45.0 Å². The van der Waals surface area contributed by atoms with Gasteiger partial charge in [0.15, 0.2) is 0 Å². The van der Waals surface area contributed by atoms with Gasteiger partial charge in [0.25, 0.3) is 0 Å². The predicted molar refractivity (Wildman–Crippen MR) is 97.2 cm³/mol. The molecule has 1 amide bonds. The first-order valence-electron chi connectivity index (χ1n) is 7.95. The molecule has 2 aromatic carbocycles. The second kappa shape index (κ2) is 8.60. The Hall–Kier alpha value is -2.20. The lowest BCUT2D eigenvalue weighted by atomic mass is 10.1. The van der Waals surface area contributed by atoms with Crippen LogP contribution >= 0.6 is 11.6 Å². The summed E-state index contributed by atoms with van der Waals surface area (Å²) in [5.41, 5.74) is 1.56. The molecule has 24 heavy (non-hydrogen) atoms. The molecule has 0 saturated carbocycles. The van der Waals surface area contributed by atoms with Gasteiger partial charge in [-0.2, -0.15) is 0 Å². The van der Waals surface area contributed by atoms with E-state index in [1.165, 1.54) is 0 Å². The molecular formula is C19H22ClNO3. The first kappa shape index (κ1) is 18.1. The van der Waals surface area contributed by atoms with E-state index in [4.69, 9.17) is 21.1 Å². The molecule has 0 fully saturated rings. The molecule has 0 aromatic heterocycles. The fourth-order valence-electron chi connectivity index (χ4n) is 2.19. The quantitative estimate of drug-likeness (QED) is 0.789. The number of carbonyl (C=O) groups is 1. The number of halogens is 1. The monoisotopic (exact) mass is 347 g/mol. The number of carbonyl (C=O) groups excluding carboxylic acids is 1. The maximum atomic E-state index is 12.1. The number of amides is 1. The van der Waals surface area contributed by atoms with Gasteiger partial charge in [0.1, 0.15) is 11.5 Å². The summed E-state index contributed by atoms with van der Waals surface area (Å²) in [6.45, 7) is 6.42. The molecule has 0 aliphatic rings. The number of hydrogen-bond donors (Lipinski definition) is 1. The van der Waals surface area contributed by atoms with Gasteiger partial charge < -0.3 is 14.8 Å². The van der Waals surface area contributed by atoms with Crippen LogP contribution in [0.25, 0.3) is 0 Å². The Kier molecular flexibility index (Phi) is 6.50. The molecule has 2 rings (SSSR count). The van der Waals surface area contributed by atoms with Gasteiger partial charge in [-0.25, -0.2) is 0 Å². The molecule has 0 radical (unpaired) electrons. The minimum Gasteiger partial charge on any atom is -0.494 e. The van der Waals surface area contributed by atoms with Crippen molar-refractivity contribution in [3.8, 4) is 11.5 Å². The summed E-state index contributed by atoms with van der Waals surface area (Å²) < 4.78 is 11.0. The van der Waals surface area contributed by atoms with E-state index in [2.05, 4.69) is 5.32 Å². The molecule has 2 aromatic rings. The minimum atomic E-state index is -0.104. The van der Waals surface area contributed by atoms with Crippen molar-refractivity contribution in [2.24, 2.45) is 0 Å². The van der Waals surface area contributed by atoms with Crippen molar-refractivity contribution < 1.29 is 14.3 Å². The molecular weight excluding hydrogens is 326 g/mol. The summed E-state index contributed by atoms with van der Waals surface area (Å²) >= 11 is 6.17. The summed E-state index contributed by atoms with van der Waals surface area (Å²) in [7, 11) is 0. The van der Waals surface area contributed by atoms with Gasteiger partial charge in [-0.15, -0.1) is 0 Å². The van der Waals surface area contributed by atoms with Gasteiger partial charge in [-0.1, -0.05) is 23.7 Å². The average Bonchev–Trinajstić information content (AvgIpc) is 2.52. The maximum Gasteiger partial charge on any atom is 0.228 e. The van der Waals surface area contributed by atoms with E-state index in [0.29, 0.717) is 23.1 Å². The summed E-state index contributed by atoms with van der Waals surface area (Å²) in [4.78, 5) is 12.1. The Morgan fingerprint density at radius 2 is 1.88 bits per heavy atom.